The molecule has 4 heteroatoms. The first kappa shape index (κ1) is 31.4. The molecule has 234 valence electrons. The summed E-state index contributed by atoms with van der Waals surface area (Å²) in [4.78, 5) is 12.1. The van der Waals surface area contributed by atoms with Gasteiger partial charge in [-0.2, -0.15) is 0 Å². The van der Waals surface area contributed by atoms with Gasteiger partial charge in [0.15, 0.2) is 0 Å². The second kappa shape index (κ2) is 10.8. The molecule has 41 heavy (non-hydrogen) atoms. The van der Waals surface area contributed by atoms with E-state index in [2.05, 4.69) is 47.6 Å². The highest BCUT2D eigenvalue weighted by Crippen LogP contribution is 2.67. The number of hydrogen-bond acceptors (Lipinski definition) is 4. The quantitative estimate of drug-likeness (QED) is 0.215. The topological polar surface area (TPSA) is 44.8 Å². The van der Waals surface area contributed by atoms with E-state index in [1.807, 2.05) is 27.7 Å². The minimum atomic E-state index is -0.661. The maximum Gasteiger partial charge on any atom is 0.509 e. The third kappa shape index (κ3) is 5.22. The number of fused-ring (bicyclic) bond motifs is 5. The molecule has 0 bridgehead atoms. The van der Waals surface area contributed by atoms with Crippen LogP contribution < -0.4 is 0 Å². The van der Waals surface area contributed by atoms with Gasteiger partial charge in [-0.3, -0.25) is 0 Å². The van der Waals surface area contributed by atoms with E-state index >= 15 is 0 Å². The van der Waals surface area contributed by atoms with E-state index in [1.54, 1.807) is 5.57 Å². The van der Waals surface area contributed by atoms with Crippen LogP contribution in [0.1, 0.15) is 140 Å². The highest BCUT2D eigenvalue weighted by molar-refractivity contribution is 5.63. The molecule has 4 aliphatic carbocycles. The minimum Gasteiger partial charge on any atom is -0.427 e. The number of allylic oxidation sites excluding steroid dienone is 1. The van der Waals surface area contributed by atoms with Gasteiger partial charge >= 0.3 is 6.16 Å². The van der Waals surface area contributed by atoms with Crippen LogP contribution in [-0.2, 0) is 14.2 Å². The number of hydrogen-bond donors (Lipinski definition) is 0. The van der Waals surface area contributed by atoms with E-state index in [4.69, 9.17) is 14.2 Å². The molecular weight excluding hydrogens is 508 g/mol. The third-order valence-corrected chi connectivity index (χ3v) is 14.2. The Morgan fingerprint density at radius 2 is 1.56 bits per heavy atom. The Bertz CT molecular complexity index is 988. The Morgan fingerprint density at radius 3 is 2.22 bits per heavy atom. The highest BCUT2D eigenvalue weighted by atomic mass is 16.8. The fourth-order valence-corrected chi connectivity index (χ4v) is 10.8. The standard InChI is InChI=1S/C37H62O4/c1-24(2)12-11-13-25(3)29-16-17-30-28-15-14-26-22-27(18-20-35(26,8)31(28)19-21-36(29,30)9)39-23-37(10)33(4,5)40-32(38)41-34(37,6)7/h14,24-25,27-31H,11-13,15-23H2,1-10H3/t25-,27+,28+,29-,30+,31+,35+,36-/m1/s1. The highest BCUT2D eigenvalue weighted by Gasteiger charge is 2.62. The molecule has 5 aliphatic rings. The maximum absolute atomic E-state index is 12.1. The van der Waals surface area contributed by atoms with Crippen molar-refractivity contribution >= 4 is 6.16 Å². The molecular formula is C37H62O4. The van der Waals surface area contributed by atoms with Crippen molar-refractivity contribution in [1.82, 2.24) is 0 Å². The first-order valence-corrected chi connectivity index (χ1v) is 17.3. The van der Waals surface area contributed by atoms with E-state index in [1.165, 1.54) is 57.8 Å². The second-order valence-corrected chi connectivity index (χ2v) is 17.3. The van der Waals surface area contributed by atoms with Gasteiger partial charge in [-0.05, 0) is 132 Å². The molecule has 0 aromatic rings. The van der Waals surface area contributed by atoms with Crippen LogP contribution in [0.5, 0.6) is 0 Å². The van der Waals surface area contributed by atoms with Gasteiger partial charge in [0.2, 0.25) is 0 Å². The van der Waals surface area contributed by atoms with Crippen molar-refractivity contribution in [3.63, 3.8) is 0 Å². The molecule has 1 saturated heterocycles. The summed E-state index contributed by atoms with van der Waals surface area (Å²) < 4.78 is 18.1. The van der Waals surface area contributed by atoms with Crippen molar-refractivity contribution < 1.29 is 19.0 Å². The fourth-order valence-electron chi connectivity index (χ4n) is 10.8. The van der Waals surface area contributed by atoms with Gasteiger partial charge < -0.3 is 14.2 Å². The molecule has 0 aromatic heterocycles. The van der Waals surface area contributed by atoms with Crippen molar-refractivity contribution in [3.05, 3.63) is 11.6 Å². The van der Waals surface area contributed by atoms with Gasteiger partial charge in [0.05, 0.1) is 18.1 Å². The number of cyclic esters (lactones) is 2. The lowest BCUT2D eigenvalue weighted by atomic mass is 9.47. The Hall–Kier alpha value is -1.03. The van der Waals surface area contributed by atoms with E-state index < -0.39 is 22.8 Å². The summed E-state index contributed by atoms with van der Waals surface area (Å²) >= 11 is 0. The van der Waals surface area contributed by atoms with Crippen LogP contribution in [0.3, 0.4) is 0 Å². The molecule has 3 saturated carbocycles. The molecule has 0 spiro atoms. The Balaban J connectivity index is 1.25. The second-order valence-electron chi connectivity index (χ2n) is 17.3. The summed E-state index contributed by atoms with van der Waals surface area (Å²) in [6, 6.07) is 0. The van der Waals surface area contributed by atoms with Gasteiger partial charge in [0, 0.05) is 0 Å². The lowest BCUT2D eigenvalue weighted by Crippen LogP contribution is -2.65. The lowest BCUT2D eigenvalue weighted by molar-refractivity contribution is -0.248. The summed E-state index contributed by atoms with van der Waals surface area (Å²) in [5.74, 6) is 5.21. The predicted octanol–water partition coefficient (Wildman–Crippen LogP) is 10.1. The number of carbonyl (C=O) groups excluding carboxylic acids is 1. The van der Waals surface area contributed by atoms with Gasteiger partial charge in [0.25, 0.3) is 0 Å². The first-order valence-electron chi connectivity index (χ1n) is 17.3. The van der Waals surface area contributed by atoms with Gasteiger partial charge in [0.1, 0.15) is 11.2 Å². The van der Waals surface area contributed by atoms with Crippen molar-refractivity contribution in [2.24, 2.45) is 51.8 Å². The summed E-state index contributed by atoms with van der Waals surface area (Å²) in [6.45, 7) is 23.3. The molecule has 0 unspecified atom stereocenters. The molecule has 1 heterocycles. The smallest absolute Gasteiger partial charge is 0.427 e. The lowest BCUT2D eigenvalue weighted by Gasteiger charge is -2.59. The Morgan fingerprint density at radius 1 is 0.878 bits per heavy atom. The monoisotopic (exact) mass is 570 g/mol. The number of ether oxygens (including phenoxy) is 3. The molecule has 4 nitrogen and oxygen atoms in total. The molecule has 0 amide bonds. The molecule has 4 fully saturated rings. The average molecular weight is 571 g/mol. The van der Waals surface area contributed by atoms with Crippen LogP contribution in [0.2, 0.25) is 0 Å². The van der Waals surface area contributed by atoms with E-state index in [0.717, 1.165) is 48.3 Å². The van der Waals surface area contributed by atoms with E-state index in [0.29, 0.717) is 17.4 Å². The average Bonchev–Trinajstić information content (AvgIpc) is 3.22. The number of rotatable bonds is 8. The van der Waals surface area contributed by atoms with Crippen molar-refractivity contribution in [3.8, 4) is 0 Å². The molecule has 0 aromatic carbocycles. The van der Waals surface area contributed by atoms with Crippen LogP contribution in [0, 0.1) is 51.8 Å². The normalized spacial score (nSPS) is 41.4. The molecule has 0 radical (unpaired) electrons. The summed E-state index contributed by atoms with van der Waals surface area (Å²) in [6.07, 6.45) is 17.0. The summed E-state index contributed by atoms with van der Waals surface area (Å²) in [5, 5.41) is 0. The van der Waals surface area contributed by atoms with Crippen LogP contribution in [0.4, 0.5) is 4.79 Å². The minimum absolute atomic E-state index is 0.225. The fraction of sp³-hybridized carbons (Fsp3) is 0.919. The molecule has 5 rings (SSSR count). The zero-order chi connectivity index (χ0) is 30.0. The van der Waals surface area contributed by atoms with E-state index in [-0.39, 0.29) is 6.10 Å². The van der Waals surface area contributed by atoms with Crippen LogP contribution in [0.25, 0.3) is 0 Å². The number of carbonyl (C=O) groups is 1. The van der Waals surface area contributed by atoms with E-state index in [9.17, 15) is 4.79 Å². The summed E-state index contributed by atoms with van der Waals surface area (Å²) in [5.41, 5.74) is 0.778. The third-order valence-electron chi connectivity index (χ3n) is 14.2. The van der Waals surface area contributed by atoms with Gasteiger partial charge in [-0.25, -0.2) is 4.79 Å². The van der Waals surface area contributed by atoms with Crippen LogP contribution in [-0.4, -0.2) is 30.1 Å². The van der Waals surface area contributed by atoms with Crippen LogP contribution >= 0.6 is 0 Å². The zero-order valence-electron chi connectivity index (χ0n) is 28.2. The van der Waals surface area contributed by atoms with Crippen molar-refractivity contribution in [1.29, 1.82) is 0 Å². The van der Waals surface area contributed by atoms with Crippen LogP contribution in [0.15, 0.2) is 11.6 Å². The molecule has 1 aliphatic heterocycles. The molecule has 8 atom stereocenters. The molecule has 0 N–H and O–H groups in total. The van der Waals surface area contributed by atoms with Gasteiger partial charge in [-0.15, -0.1) is 0 Å². The van der Waals surface area contributed by atoms with Crippen molar-refractivity contribution in [2.45, 2.75) is 157 Å². The maximum atomic E-state index is 12.1. The SMILES string of the molecule is CC(C)CCC[C@@H](C)[C@H]1CC[C@H]2[C@@H]3CC=C4C[C@@H](OCC5(C)C(C)(C)OC(=O)OC5(C)C)CC[C@]4(C)[C@H]3CC[C@]12C. The zero-order valence-corrected chi connectivity index (χ0v) is 28.2. The summed E-state index contributed by atoms with van der Waals surface area (Å²) in [7, 11) is 0. The first-order chi connectivity index (χ1) is 19.0. The largest absolute Gasteiger partial charge is 0.509 e. The van der Waals surface area contributed by atoms with Gasteiger partial charge in [-0.1, -0.05) is 65.5 Å². The Kier molecular flexibility index (Phi) is 8.31. The Labute approximate surface area is 252 Å². The predicted molar refractivity (Wildman–Crippen MR) is 167 cm³/mol. The van der Waals surface area contributed by atoms with Crippen molar-refractivity contribution in [2.75, 3.05) is 6.61 Å².